The molecule has 0 bridgehead atoms. The highest BCUT2D eigenvalue weighted by molar-refractivity contribution is 6.14. The van der Waals surface area contributed by atoms with Crippen LogP contribution in [0, 0.1) is 0 Å². The van der Waals surface area contributed by atoms with Crippen LogP contribution in [-0.4, -0.2) is 33.3 Å². The first-order valence-corrected chi connectivity index (χ1v) is 19.3. The second-order valence-electron chi connectivity index (χ2n) is 15.2. The summed E-state index contributed by atoms with van der Waals surface area (Å²) in [5.74, 6) is 3.80. The Labute approximate surface area is 316 Å². The summed E-state index contributed by atoms with van der Waals surface area (Å²) in [7, 11) is 6.99. The van der Waals surface area contributed by atoms with E-state index in [4.69, 9.17) is 18.9 Å². The molecule has 0 N–H and O–H groups in total. The van der Waals surface area contributed by atoms with E-state index in [2.05, 4.69) is 96.0 Å². The van der Waals surface area contributed by atoms with Crippen molar-refractivity contribution in [3.8, 4) is 23.0 Å². The highest BCUT2D eigenvalue weighted by Crippen LogP contribution is 2.47. The van der Waals surface area contributed by atoms with Gasteiger partial charge in [0.05, 0.1) is 45.3 Å². The van der Waals surface area contributed by atoms with E-state index in [1.807, 2.05) is 12.1 Å². The minimum absolute atomic E-state index is 0.334. The number of aryl methyl sites for hydroxylation is 2. The van der Waals surface area contributed by atoms with E-state index < -0.39 is 0 Å². The van der Waals surface area contributed by atoms with Crippen LogP contribution in [-0.2, 0) is 19.4 Å². The van der Waals surface area contributed by atoms with Gasteiger partial charge in [0.25, 0.3) is 0 Å². The maximum atomic E-state index is 5.97. The van der Waals surface area contributed by atoms with E-state index in [1.54, 1.807) is 28.4 Å². The Morgan fingerprint density at radius 2 is 1.13 bits per heavy atom. The van der Waals surface area contributed by atoms with Gasteiger partial charge in [-0.1, -0.05) is 66.7 Å². The first kappa shape index (κ1) is 32.9. The zero-order chi connectivity index (χ0) is 36.5. The Balaban J connectivity index is 0.982. The van der Waals surface area contributed by atoms with Crippen LogP contribution >= 0.6 is 0 Å². The molecule has 7 aromatic rings. The standard InChI is InChI=1S/C49H45NO4/c1-51-44-15-7-12-39-36-20-19-35-32(9-5-10-33(35)41(36)26-46(53-3)48(39)44)30-17-18-31-28-50(24-23-29(31)25-30)43-14-6-11-34-38(43)22-21-37-40-13-8-16-45(52-2)49(40)47(54-4)27-42(34)37/h7-8,12-13,15-27,32,43H,5-6,9-11,14,28H2,1-4H3. The molecule has 0 fully saturated rings. The molecule has 10 rings (SSSR count). The molecule has 2 unspecified atom stereocenters. The van der Waals surface area contributed by atoms with Crippen LogP contribution in [0.3, 0.4) is 0 Å². The third-order valence-corrected chi connectivity index (χ3v) is 12.7. The minimum Gasteiger partial charge on any atom is -0.496 e. The maximum Gasteiger partial charge on any atom is 0.131 e. The molecule has 0 spiro atoms. The van der Waals surface area contributed by atoms with E-state index >= 15 is 0 Å². The van der Waals surface area contributed by atoms with Gasteiger partial charge in [-0.2, -0.15) is 0 Å². The lowest BCUT2D eigenvalue weighted by Gasteiger charge is -2.38. The first-order chi connectivity index (χ1) is 26.6. The van der Waals surface area contributed by atoms with Crippen molar-refractivity contribution in [2.45, 2.75) is 57.0 Å². The number of rotatable bonds is 6. The van der Waals surface area contributed by atoms with E-state index in [1.165, 1.54) is 77.7 Å². The van der Waals surface area contributed by atoms with Gasteiger partial charge in [0.2, 0.25) is 0 Å². The summed E-state index contributed by atoms with van der Waals surface area (Å²) in [5, 5.41) is 9.57. The van der Waals surface area contributed by atoms with Gasteiger partial charge < -0.3 is 23.8 Å². The summed E-state index contributed by atoms with van der Waals surface area (Å²) < 4.78 is 23.4. The van der Waals surface area contributed by atoms with E-state index in [0.717, 1.165) is 72.4 Å². The smallest absolute Gasteiger partial charge is 0.131 e. The fourth-order valence-electron chi connectivity index (χ4n) is 10.2. The number of methoxy groups -OCH3 is 4. The molecule has 0 radical (unpaired) electrons. The summed E-state index contributed by atoms with van der Waals surface area (Å²) in [6.07, 6.45) is 11.5. The van der Waals surface area contributed by atoms with Crippen molar-refractivity contribution < 1.29 is 18.9 Å². The summed E-state index contributed by atoms with van der Waals surface area (Å²) in [4.78, 5) is 2.57. The molecule has 2 atom stereocenters. The number of fused-ring (bicyclic) bond motifs is 11. The largest absolute Gasteiger partial charge is 0.496 e. The van der Waals surface area contributed by atoms with Crippen LogP contribution in [0.25, 0.3) is 49.2 Å². The van der Waals surface area contributed by atoms with Crippen molar-refractivity contribution in [1.29, 1.82) is 0 Å². The average Bonchev–Trinajstić information content (AvgIpc) is 3.24. The molecule has 0 amide bonds. The molecule has 0 saturated heterocycles. The molecule has 2 aliphatic carbocycles. The van der Waals surface area contributed by atoms with Crippen LogP contribution in [0.4, 0.5) is 0 Å². The van der Waals surface area contributed by atoms with E-state index in [-0.39, 0.29) is 0 Å². The van der Waals surface area contributed by atoms with Crippen molar-refractivity contribution >= 4 is 49.2 Å². The summed E-state index contributed by atoms with van der Waals surface area (Å²) in [6, 6.07) is 34.1. The second kappa shape index (κ2) is 13.0. The topological polar surface area (TPSA) is 40.2 Å². The Bertz CT molecular complexity index is 2680. The van der Waals surface area contributed by atoms with Crippen molar-refractivity contribution in [2.24, 2.45) is 0 Å². The Morgan fingerprint density at radius 3 is 1.76 bits per heavy atom. The average molecular weight is 712 g/mol. The van der Waals surface area contributed by atoms with Crippen molar-refractivity contribution in [1.82, 2.24) is 4.90 Å². The highest BCUT2D eigenvalue weighted by Gasteiger charge is 2.30. The Hall–Kier alpha value is -5.68. The predicted octanol–water partition coefficient (Wildman–Crippen LogP) is 11.7. The van der Waals surface area contributed by atoms with Gasteiger partial charge in [-0.15, -0.1) is 0 Å². The number of hydrogen-bond acceptors (Lipinski definition) is 5. The van der Waals surface area contributed by atoms with E-state index in [9.17, 15) is 0 Å². The number of nitrogens with zero attached hydrogens (tertiary/aromatic N) is 1. The normalized spacial score (nSPS) is 17.7. The van der Waals surface area contributed by atoms with Gasteiger partial charge >= 0.3 is 0 Å². The lowest BCUT2D eigenvalue weighted by atomic mass is 9.76. The van der Waals surface area contributed by atoms with Gasteiger partial charge in [0.1, 0.15) is 23.0 Å². The quantitative estimate of drug-likeness (QED) is 0.161. The third-order valence-electron chi connectivity index (χ3n) is 12.7. The molecule has 0 saturated carbocycles. The van der Waals surface area contributed by atoms with Crippen molar-refractivity contribution in [2.75, 3.05) is 28.4 Å². The molecule has 54 heavy (non-hydrogen) atoms. The fourth-order valence-corrected chi connectivity index (χ4v) is 10.2. The number of ether oxygens (including phenoxy) is 4. The number of benzene rings is 7. The van der Waals surface area contributed by atoms with Crippen molar-refractivity contribution in [3.63, 3.8) is 0 Å². The highest BCUT2D eigenvalue weighted by atomic mass is 16.5. The number of hydrogen-bond donors (Lipinski definition) is 0. The van der Waals surface area contributed by atoms with Gasteiger partial charge in [-0.05, 0) is 140 Å². The lowest BCUT2D eigenvalue weighted by Crippen LogP contribution is -2.28. The van der Waals surface area contributed by atoms with Gasteiger partial charge in [0.15, 0.2) is 0 Å². The molecular weight excluding hydrogens is 667 g/mol. The van der Waals surface area contributed by atoms with Gasteiger partial charge in [0, 0.05) is 18.7 Å². The second-order valence-corrected chi connectivity index (χ2v) is 15.2. The first-order valence-electron chi connectivity index (χ1n) is 19.3. The molecule has 1 aliphatic heterocycles. The van der Waals surface area contributed by atoms with Crippen LogP contribution in [0.2, 0.25) is 0 Å². The SMILES string of the molecule is COc1cccc2c1c(OC)cc1c3c(ccc12)C(c1ccc2c(c1)C=CN(C1CCCc4c1ccc1c4cc(OC)c4c(OC)cccc41)C2)CCC3. The summed E-state index contributed by atoms with van der Waals surface area (Å²) in [5.41, 5.74) is 9.96. The zero-order valence-corrected chi connectivity index (χ0v) is 31.5. The molecule has 5 nitrogen and oxygen atoms in total. The molecule has 1 heterocycles. The molecule has 7 aromatic carbocycles. The Morgan fingerprint density at radius 1 is 0.537 bits per heavy atom. The van der Waals surface area contributed by atoms with E-state index in [0.29, 0.717) is 12.0 Å². The maximum absolute atomic E-state index is 5.97. The lowest BCUT2D eigenvalue weighted by molar-refractivity contribution is 0.244. The van der Waals surface area contributed by atoms with Crippen LogP contribution in [0.1, 0.15) is 76.6 Å². The summed E-state index contributed by atoms with van der Waals surface area (Å²) in [6.45, 7) is 0.911. The fraction of sp³-hybridized carbons (Fsp3) is 0.265. The van der Waals surface area contributed by atoms with Gasteiger partial charge in [-0.25, -0.2) is 0 Å². The molecule has 3 aliphatic rings. The van der Waals surface area contributed by atoms with Crippen molar-refractivity contribution in [3.05, 3.63) is 136 Å². The molecule has 0 aromatic heterocycles. The Kier molecular flexibility index (Phi) is 7.94. The zero-order valence-electron chi connectivity index (χ0n) is 31.5. The molecule has 270 valence electrons. The molecular formula is C49H45NO4. The van der Waals surface area contributed by atoms with Gasteiger partial charge in [-0.3, -0.25) is 0 Å². The third kappa shape index (κ3) is 4.97. The van der Waals surface area contributed by atoms with Crippen LogP contribution in [0.15, 0.2) is 97.2 Å². The van der Waals surface area contributed by atoms with Crippen LogP contribution in [0.5, 0.6) is 23.0 Å². The summed E-state index contributed by atoms with van der Waals surface area (Å²) >= 11 is 0. The van der Waals surface area contributed by atoms with Crippen LogP contribution < -0.4 is 18.9 Å². The monoisotopic (exact) mass is 711 g/mol. The predicted molar refractivity (Wildman–Crippen MR) is 221 cm³/mol. The minimum atomic E-state index is 0.334. The molecule has 5 heteroatoms.